The number of rotatable bonds is 10. The molecule has 0 amide bonds. The molecule has 0 saturated carbocycles. The van der Waals surface area contributed by atoms with Gasteiger partial charge < -0.3 is 13.7 Å². The summed E-state index contributed by atoms with van der Waals surface area (Å²) in [6, 6.07) is 120. The van der Waals surface area contributed by atoms with Gasteiger partial charge in [0.2, 0.25) is 0 Å². The van der Waals surface area contributed by atoms with Gasteiger partial charge in [-0.1, -0.05) is 255 Å². The van der Waals surface area contributed by atoms with Gasteiger partial charge in [-0.3, -0.25) is 0 Å². The quantitative estimate of drug-likeness (QED) is 0.0958. The highest BCUT2D eigenvalue weighted by molar-refractivity contribution is 7.19. The predicted octanol–water partition coefficient (Wildman–Crippen LogP) is 17.4. The van der Waals surface area contributed by atoms with Gasteiger partial charge in [0.1, 0.15) is 0 Å². The van der Waals surface area contributed by atoms with Gasteiger partial charge in [0, 0.05) is 49.4 Å². The van der Waals surface area contributed by atoms with Crippen LogP contribution < -0.4 is 20.7 Å². The maximum Gasteiger partial charge on any atom is 0.179 e. The van der Waals surface area contributed by atoms with Gasteiger partial charge in [-0.25, -0.2) is 0 Å². The molecule has 0 radical (unpaired) electrons. The van der Waals surface area contributed by atoms with E-state index >= 15 is 0 Å². The first-order valence-corrected chi connectivity index (χ1v) is 30.3. The van der Waals surface area contributed by atoms with Crippen molar-refractivity contribution in [1.29, 1.82) is 0 Å². The highest BCUT2D eigenvalue weighted by Crippen LogP contribution is 2.42. The van der Waals surface area contributed by atoms with Crippen LogP contribution in [0.4, 0.5) is 0 Å². The van der Waals surface area contributed by atoms with Crippen molar-refractivity contribution in [2.75, 3.05) is 0 Å². The smallest absolute Gasteiger partial charge is 0.179 e. The molecule has 16 aromatic rings. The average molecular weight is 1060 g/mol. The van der Waals surface area contributed by atoms with Crippen molar-refractivity contribution in [3.63, 3.8) is 0 Å². The van der Waals surface area contributed by atoms with Crippen LogP contribution in [0.25, 0.3) is 116 Å². The van der Waals surface area contributed by atoms with E-state index in [1.165, 1.54) is 97.4 Å². The largest absolute Gasteiger partial charge is 0.309 e. The van der Waals surface area contributed by atoms with E-state index in [2.05, 4.69) is 335 Å². The first kappa shape index (κ1) is 47.5. The first-order chi connectivity index (χ1) is 40.7. The first-order valence-electron chi connectivity index (χ1n) is 28.3. The Morgan fingerprint density at radius 2 is 0.573 bits per heavy atom. The zero-order chi connectivity index (χ0) is 54.1. The second-order valence-electron chi connectivity index (χ2n) is 21.6. The van der Waals surface area contributed by atoms with Crippen LogP contribution in [0.15, 0.2) is 322 Å². The summed E-state index contributed by atoms with van der Waals surface area (Å²) in [6.45, 7) is 0. The highest BCUT2D eigenvalue weighted by Gasteiger charge is 2.41. The topological polar surface area (TPSA) is 14.8 Å². The molecule has 0 spiro atoms. The monoisotopic (exact) mass is 1060 g/mol. The zero-order valence-electron chi connectivity index (χ0n) is 44.9. The van der Waals surface area contributed by atoms with Gasteiger partial charge >= 0.3 is 0 Å². The Labute approximate surface area is 477 Å². The summed E-state index contributed by atoms with van der Waals surface area (Å²) in [7, 11) is -2.84. The molecule has 0 fully saturated rings. The molecule has 0 aliphatic carbocycles. The number of hydrogen-bond donors (Lipinski definition) is 0. The van der Waals surface area contributed by atoms with Crippen LogP contribution in [0.2, 0.25) is 0 Å². The van der Waals surface area contributed by atoms with Gasteiger partial charge in [0.15, 0.2) is 8.07 Å². The number of benzene rings is 13. The van der Waals surface area contributed by atoms with Crippen LogP contribution in [0.3, 0.4) is 0 Å². The minimum absolute atomic E-state index is 1.08. The molecule has 0 N–H and O–H groups in total. The summed E-state index contributed by atoms with van der Waals surface area (Å²) < 4.78 is 7.44. The van der Waals surface area contributed by atoms with E-state index in [0.29, 0.717) is 0 Å². The SMILES string of the molecule is c1ccc(-c2ccc3c(c2)c2ccccc2n3-c2ccc3c4ccccc4n(-c4cc(-c5ccccc5-c5cccc([Si](c6ccccc6)(c6ccccc6)c6ccccc6)c5)cc(-n5c6ccccc6c6ccccc65)c4)c3c2)cc1. The molecule has 16 rings (SSSR count). The molecule has 384 valence electrons. The van der Waals surface area contributed by atoms with Crippen LogP contribution in [-0.4, -0.2) is 21.8 Å². The molecular formula is C78H53N3Si. The molecule has 0 aliphatic rings. The van der Waals surface area contributed by atoms with Crippen molar-refractivity contribution in [3.05, 3.63) is 322 Å². The molecule has 0 bridgehead atoms. The summed E-state index contributed by atoms with van der Waals surface area (Å²) in [4.78, 5) is 0. The zero-order valence-corrected chi connectivity index (χ0v) is 45.9. The third-order valence-electron chi connectivity index (χ3n) is 17.2. The Morgan fingerprint density at radius 1 is 0.183 bits per heavy atom. The number of nitrogens with zero attached hydrogens (tertiary/aromatic N) is 3. The van der Waals surface area contributed by atoms with Gasteiger partial charge in [-0.15, -0.1) is 0 Å². The number of aromatic nitrogens is 3. The number of fused-ring (bicyclic) bond motifs is 9. The fourth-order valence-corrected chi connectivity index (χ4v) is 18.4. The van der Waals surface area contributed by atoms with E-state index in [-0.39, 0.29) is 0 Å². The molecule has 0 saturated heterocycles. The minimum Gasteiger partial charge on any atom is -0.309 e. The van der Waals surface area contributed by atoms with Crippen molar-refractivity contribution in [1.82, 2.24) is 13.7 Å². The van der Waals surface area contributed by atoms with E-state index in [4.69, 9.17) is 0 Å². The maximum absolute atomic E-state index is 2.84. The van der Waals surface area contributed by atoms with Crippen molar-refractivity contribution in [2.45, 2.75) is 0 Å². The Bertz CT molecular complexity index is 4940. The van der Waals surface area contributed by atoms with E-state index in [9.17, 15) is 0 Å². The fraction of sp³-hybridized carbons (Fsp3) is 0. The molecule has 4 heteroatoms. The van der Waals surface area contributed by atoms with Crippen molar-refractivity contribution in [2.24, 2.45) is 0 Å². The van der Waals surface area contributed by atoms with Crippen LogP contribution in [0, 0.1) is 0 Å². The molecule has 0 atom stereocenters. The molecule has 3 heterocycles. The molecule has 13 aromatic carbocycles. The molecule has 0 aliphatic heterocycles. The standard InChI is InChI=1S/C78H53N3Si/c1-5-24-54(25-6-1)55-44-47-77-72(51-55)70-39-18-22-43-76(70)79(77)58-45-46-71-69-38-17-21-42-75(69)81(78(71)53-58)60-49-57(48-59(52-60)80-73-40-19-15-36-67(73)68-37-16-20-41-74(68)80)66-35-14-13-34-65(66)56-26-23-33-64(50-56)82(61-27-7-2-8-28-61,62-29-9-3-10-30-62)63-31-11-4-12-32-63/h1-53H. The van der Waals surface area contributed by atoms with Gasteiger partial charge in [0.05, 0.1) is 33.1 Å². The summed E-state index contributed by atoms with van der Waals surface area (Å²) in [6.07, 6.45) is 0. The molecular weight excluding hydrogens is 1010 g/mol. The molecule has 82 heavy (non-hydrogen) atoms. The molecule has 0 unspecified atom stereocenters. The van der Waals surface area contributed by atoms with Gasteiger partial charge in [-0.05, 0) is 121 Å². The third kappa shape index (κ3) is 7.50. The summed E-state index contributed by atoms with van der Waals surface area (Å²) in [5.74, 6) is 0. The van der Waals surface area contributed by atoms with Gasteiger partial charge in [-0.2, -0.15) is 0 Å². The lowest BCUT2D eigenvalue weighted by Gasteiger charge is -2.34. The van der Waals surface area contributed by atoms with E-state index < -0.39 is 8.07 Å². The van der Waals surface area contributed by atoms with E-state index in [1.807, 2.05) is 0 Å². The summed E-state index contributed by atoms with van der Waals surface area (Å²) >= 11 is 0. The van der Waals surface area contributed by atoms with Crippen LogP contribution >= 0.6 is 0 Å². The van der Waals surface area contributed by atoms with Gasteiger partial charge in [0.25, 0.3) is 0 Å². The Balaban J connectivity index is 0.943. The van der Waals surface area contributed by atoms with Crippen LogP contribution in [-0.2, 0) is 0 Å². The molecule has 3 nitrogen and oxygen atoms in total. The lowest BCUT2D eigenvalue weighted by atomic mass is 9.94. The van der Waals surface area contributed by atoms with E-state index in [1.54, 1.807) is 0 Å². The van der Waals surface area contributed by atoms with Crippen LogP contribution in [0.5, 0.6) is 0 Å². The van der Waals surface area contributed by atoms with Crippen molar-refractivity contribution >= 4 is 94.2 Å². The second kappa shape index (κ2) is 19.4. The van der Waals surface area contributed by atoms with Crippen molar-refractivity contribution < 1.29 is 0 Å². The second-order valence-corrected chi connectivity index (χ2v) is 25.4. The number of hydrogen-bond acceptors (Lipinski definition) is 0. The highest BCUT2D eigenvalue weighted by atomic mass is 28.3. The fourth-order valence-electron chi connectivity index (χ4n) is 13.6. The Kier molecular flexibility index (Phi) is 11.2. The predicted molar refractivity (Wildman–Crippen MR) is 349 cm³/mol. The lowest BCUT2D eigenvalue weighted by Crippen LogP contribution is -2.74. The Morgan fingerprint density at radius 3 is 1.11 bits per heavy atom. The minimum atomic E-state index is -2.84. The Hall–Kier alpha value is -10.5. The molecule has 3 aromatic heterocycles. The normalized spacial score (nSPS) is 11.9. The third-order valence-corrected chi connectivity index (χ3v) is 21.9. The van der Waals surface area contributed by atoms with E-state index in [0.717, 1.165) is 39.2 Å². The number of para-hydroxylation sites is 4. The lowest BCUT2D eigenvalue weighted by molar-refractivity contribution is 1.13. The maximum atomic E-state index is 2.51. The summed E-state index contributed by atoms with van der Waals surface area (Å²) in [5, 5.41) is 12.7. The summed E-state index contributed by atoms with van der Waals surface area (Å²) in [5.41, 5.74) is 17.3. The van der Waals surface area contributed by atoms with Crippen LogP contribution in [0.1, 0.15) is 0 Å². The average Bonchev–Trinajstić information content (AvgIpc) is 4.11. The van der Waals surface area contributed by atoms with Crippen molar-refractivity contribution in [3.8, 4) is 50.4 Å².